The van der Waals surface area contributed by atoms with Crippen molar-refractivity contribution in [3.05, 3.63) is 48.6 Å². The van der Waals surface area contributed by atoms with Gasteiger partial charge in [0, 0.05) is 19.3 Å². The van der Waals surface area contributed by atoms with Crippen molar-refractivity contribution >= 4 is 23.9 Å². The van der Waals surface area contributed by atoms with Gasteiger partial charge in [0.1, 0.15) is 18.8 Å². The van der Waals surface area contributed by atoms with Crippen molar-refractivity contribution in [1.29, 1.82) is 0 Å². The van der Waals surface area contributed by atoms with Crippen LogP contribution in [0.25, 0.3) is 0 Å². The zero-order valence-corrected chi connectivity index (χ0v) is 47.8. The Morgan fingerprint density at radius 3 is 1.28 bits per heavy atom. The summed E-state index contributed by atoms with van der Waals surface area (Å²) in [7, 11) is 0. The van der Waals surface area contributed by atoms with Crippen LogP contribution in [-0.2, 0) is 42.9 Å². The number of aliphatic carboxylic acids is 1. The predicted molar refractivity (Wildman–Crippen MR) is 303 cm³/mol. The van der Waals surface area contributed by atoms with Crippen LogP contribution in [-0.4, -0.2) is 89.2 Å². The number of ether oxygens (including phenoxy) is 5. The highest BCUT2D eigenvalue weighted by atomic mass is 16.7. The van der Waals surface area contributed by atoms with E-state index in [2.05, 4.69) is 69.4 Å². The standard InChI is InChI=1S/C63H110O12/c1-4-7-10-13-16-19-22-25-26-27-28-29-30-33-34-37-40-43-46-49-55(64)71-52-54(73-56(65)50-47-44-41-38-35-31-23-20-17-14-11-8-5-2)53-72-63-61(59(68)58(67)60(75-63)62(69)70)74-57(66)51-48-45-42-39-36-32-24-21-18-15-12-9-6-3/h12,15,20-21,23-26,54,58-61,63,67-68H,4-11,13-14,16-19,22,27-53H2,1-3H3,(H,69,70)/b15-12-,23-20-,24-21-,26-25-. The molecule has 0 aromatic heterocycles. The van der Waals surface area contributed by atoms with Crippen LogP contribution < -0.4 is 0 Å². The molecule has 12 nitrogen and oxygen atoms in total. The van der Waals surface area contributed by atoms with Gasteiger partial charge < -0.3 is 39.0 Å². The molecule has 1 heterocycles. The van der Waals surface area contributed by atoms with Crippen LogP contribution in [0.1, 0.15) is 278 Å². The van der Waals surface area contributed by atoms with Crippen molar-refractivity contribution in [2.75, 3.05) is 13.2 Å². The number of carbonyl (C=O) groups excluding carboxylic acids is 3. The number of allylic oxidation sites excluding steroid dienone is 8. The molecule has 0 spiro atoms. The van der Waals surface area contributed by atoms with Crippen LogP contribution in [0.4, 0.5) is 0 Å². The molecule has 6 atom stereocenters. The number of unbranched alkanes of at least 4 members (excludes halogenated alkanes) is 30. The van der Waals surface area contributed by atoms with E-state index in [0.29, 0.717) is 19.3 Å². The minimum Gasteiger partial charge on any atom is -0.479 e. The maximum Gasteiger partial charge on any atom is 0.335 e. The van der Waals surface area contributed by atoms with E-state index in [9.17, 15) is 34.5 Å². The average molecular weight is 1060 g/mol. The van der Waals surface area contributed by atoms with Gasteiger partial charge in [0.05, 0.1) is 6.61 Å². The SMILES string of the molecule is CCC/C=C\C/C=C\CCCCCCCC(=O)OC1C(OCC(COC(=O)CCCCCCCCCCC/C=C\CCCCCCCC)OC(=O)CCCCCCC/C=C\CCCCCC)OC(C(=O)O)C(O)C1O. The molecule has 0 aromatic carbocycles. The number of carboxylic acids is 1. The fourth-order valence-corrected chi connectivity index (χ4v) is 9.10. The van der Waals surface area contributed by atoms with Crippen LogP contribution in [0, 0.1) is 0 Å². The minimum absolute atomic E-state index is 0.0442. The molecule has 0 aromatic rings. The second-order valence-electron chi connectivity index (χ2n) is 21.0. The first-order chi connectivity index (χ1) is 36.6. The zero-order valence-electron chi connectivity index (χ0n) is 47.8. The maximum atomic E-state index is 13.1. The number of aliphatic hydroxyl groups is 2. The zero-order chi connectivity index (χ0) is 54.7. The molecule has 0 amide bonds. The number of rotatable bonds is 52. The molecule has 75 heavy (non-hydrogen) atoms. The van der Waals surface area contributed by atoms with Crippen molar-refractivity contribution in [3.63, 3.8) is 0 Å². The van der Waals surface area contributed by atoms with E-state index in [0.717, 1.165) is 109 Å². The van der Waals surface area contributed by atoms with Crippen molar-refractivity contribution in [2.24, 2.45) is 0 Å². The van der Waals surface area contributed by atoms with Crippen molar-refractivity contribution < 1.29 is 58.2 Å². The van der Waals surface area contributed by atoms with Gasteiger partial charge in [-0.15, -0.1) is 0 Å². The van der Waals surface area contributed by atoms with Gasteiger partial charge in [-0.25, -0.2) is 4.79 Å². The first-order valence-corrected chi connectivity index (χ1v) is 30.6. The molecule has 1 aliphatic heterocycles. The molecule has 0 aliphatic carbocycles. The normalized spacial score (nSPS) is 18.4. The summed E-state index contributed by atoms with van der Waals surface area (Å²) in [6.07, 6.45) is 49.4. The molecule has 0 saturated carbocycles. The Morgan fingerprint density at radius 1 is 0.440 bits per heavy atom. The van der Waals surface area contributed by atoms with Gasteiger partial charge >= 0.3 is 23.9 Å². The monoisotopic (exact) mass is 1060 g/mol. The Morgan fingerprint density at radius 2 is 0.827 bits per heavy atom. The highest BCUT2D eigenvalue weighted by molar-refractivity contribution is 5.74. The molecule has 1 saturated heterocycles. The van der Waals surface area contributed by atoms with E-state index < -0.39 is 67.3 Å². The quantitative estimate of drug-likeness (QED) is 0.0228. The number of hydrogen-bond donors (Lipinski definition) is 3. The number of carbonyl (C=O) groups is 4. The van der Waals surface area contributed by atoms with Crippen LogP contribution in [0.3, 0.4) is 0 Å². The summed E-state index contributed by atoms with van der Waals surface area (Å²) in [5.41, 5.74) is 0. The van der Waals surface area contributed by atoms with Gasteiger partial charge in [-0.3, -0.25) is 14.4 Å². The smallest absolute Gasteiger partial charge is 0.335 e. The van der Waals surface area contributed by atoms with E-state index in [1.165, 1.54) is 109 Å². The molecule has 3 N–H and O–H groups in total. The third kappa shape index (κ3) is 41.5. The second kappa shape index (κ2) is 51.4. The summed E-state index contributed by atoms with van der Waals surface area (Å²) in [4.78, 5) is 51.1. The third-order valence-corrected chi connectivity index (χ3v) is 13.8. The van der Waals surface area contributed by atoms with Gasteiger partial charge in [0.2, 0.25) is 0 Å². The van der Waals surface area contributed by atoms with Crippen LogP contribution in [0.2, 0.25) is 0 Å². The van der Waals surface area contributed by atoms with E-state index in [1.54, 1.807) is 0 Å². The summed E-state index contributed by atoms with van der Waals surface area (Å²) in [5.74, 6) is -3.14. The average Bonchev–Trinajstić information content (AvgIpc) is 3.39. The molecule has 6 unspecified atom stereocenters. The highest BCUT2D eigenvalue weighted by Gasteiger charge is 2.50. The second-order valence-corrected chi connectivity index (χ2v) is 21.0. The molecular formula is C63H110O12. The summed E-state index contributed by atoms with van der Waals surface area (Å²) in [6.45, 7) is 5.91. The Kier molecular flexibility index (Phi) is 47.8. The number of hydrogen-bond acceptors (Lipinski definition) is 11. The molecule has 1 rings (SSSR count). The molecule has 434 valence electrons. The molecule has 1 aliphatic rings. The van der Waals surface area contributed by atoms with Crippen LogP contribution >= 0.6 is 0 Å². The van der Waals surface area contributed by atoms with Gasteiger partial charge in [-0.2, -0.15) is 0 Å². The van der Waals surface area contributed by atoms with Crippen molar-refractivity contribution in [3.8, 4) is 0 Å². The summed E-state index contributed by atoms with van der Waals surface area (Å²) < 4.78 is 28.4. The van der Waals surface area contributed by atoms with Crippen LogP contribution in [0.15, 0.2) is 48.6 Å². The lowest BCUT2D eigenvalue weighted by molar-refractivity contribution is -0.301. The lowest BCUT2D eigenvalue weighted by atomic mass is 9.98. The van der Waals surface area contributed by atoms with Crippen molar-refractivity contribution in [2.45, 2.75) is 314 Å². The number of aliphatic hydroxyl groups excluding tert-OH is 2. The molecule has 12 heteroatoms. The highest BCUT2D eigenvalue weighted by Crippen LogP contribution is 2.26. The molecule has 0 bridgehead atoms. The molecule has 0 radical (unpaired) electrons. The summed E-state index contributed by atoms with van der Waals surface area (Å²) >= 11 is 0. The third-order valence-electron chi connectivity index (χ3n) is 13.8. The van der Waals surface area contributed by atoms with Gasteiger partial charge in [-0.05, 0) is 96.3 Å². The first kappa shape index (κ1) is 69.7. The minimum atomic E-state index is -1.91. The maximum absolute atomic E-state index is 13.1. The molecular weight excluding hydrogens is 949 g/mol. The Balaban J connectivity index is 2.66. The fraction of sp³-hybridized carbons (Fsp3) is 0.810. The van der Waals surface area contributed by atoms with Gasteiger partial charge in [0.25, 0.3) is 0 Å². The molecule has 1 fully saturated rings. The van der Waals surface area contributed by atoms with Crippen LogP contribution in [0.5, 0.6) is 0 Å². The van der Waals surface area contributed by atoms with E-state index >= 15 is 0 Å². The number of carboxylic acid groups (broad SMARTS) is 1. The Bertz CT molecular complexity index is 1490. The topological polar surface area (TPSA) is 175 Å². The van der Waals surface area contributed by atoms with Gasteiger partial charge in [0.15, 0.2) is 24.6 Å². The van der Waals surface area contributed by atoms with Crippen molar-refractivity contribution in [1.82, 2.24) is 0 Å². The van der Waals surface area contributed by atoms with E-state index in [-0.39, 0.29) is 25.9 Å². The fourth-order valence-electron chi connectivity index (χ4n) is 9.10. The predicted octanol–water partition coefficient (Wildman–Crippen LogP) is 15.8. The van der Waals surface area contributed by atoms with E-state index in [1.807, 2.05) is 0 Å². The first-order valence-electron chi connectivity index (χ1n) is 30.6. The lowest BCUT2D eigenvalue weighted by Crippen LogP contribution is -2.61. The summed E-state index contributed by atoms with van der Waals surface area (Å²) in [6, 6.07) is 0. The lowest BCUT2D eigenvalue weighted by Gasteiger charge is -2.40. The van der Waals surface area contributed by atoms with Gasteiger partial charge in [-0.1, -0.05) is 211 Å². The van der Waals surface area contributed by atoms with E-state index in [4.69, 9.17) is 23.7 Å². The Hall–Kier alpha value is -3.32. The summed E-state index contributed by atoms with van der Waals surface area (Å²) in [5, 5.41) is 31.5. The Labute approximate surface area is 456 Å². The number of esters is 3. The largest absolute Gasteiger partial charge is 0.479 e.